The minimum atomic E-state index is -0.654. The second kappa shape index (κ2) is 11.1. The number of nitrogens with zero attached hydrogens (tertiary/aromatic N) is 1. The minimum Gasteiger partial charge on any atom is -0.366 e. The molecule has 0 spiro atoms. The lowest BCUT2D eigenvalue weighted by Gasteiger charge is -2.05. The number of nitrogens with one attached hydrogen (secondary N) is 1. The molecule has 3 rings (SSSR count). The second-order valence-corrected chi connectivity index (χ2v) is 5.84. The Labute approximate surface area is 166 Å². The number of amides is 2. The quantitative estimate of drug-likeness (QED) is 0.649. The summed E-state index contributed by atoms with van der Waals surface area (Å²) < 4.78 is 25.8. The van der Waals surface area contributed by atoms with Crippen LogP contribution in [0.3, 0.4) is 0 Å². The molecule has 3 aromatic rings. The Balaban J connectivity index is 0.000000234. The predicted molar refractivity (Wildman–Crippen MR) is 106 cm³/mol. The summed E-state index contributed by atoms with van der Waals surface area (Å²) in [7, 11) is 0. The van der Waals surface area contributed by atoms with Crippen LogP contribution in [-0.4, -0.2) is 16.8 Å². The minimum absolute atomic E-state index is 0.0857. The molecule has 0 saturated carbocycles. The van der Waals surface area contributed by atoms with Crippen molar-refractivity contribution in [1.29, 1.82) is 0 Å². The Morgan fingerprint density at radius 2 is 1.59 bits per heavy atom. The van der Waals surface area contributed by atoms with Crippen molar-refractivity contribution in [3.8, 4) is 0 Å². The molecule has 7 heteroatoms. The van der Waals surface area contributed by atoms with E-state index in [1.165, 1.54) is 18.2 Å². The number of benzene rings is 2. The Morgan fingerprint density at radius 3 is 2.17 bits per heavy atom. The van der Waals surface area contributed by atoms with Gasteiger partial charge in [-0.3, -0.25) is 14.6 Å². The van der Waals surface area contributed by atoms with Crippen molar-refractivity contribution >= 4 is 17.9 Å². The third-order valence-corrected chi connectivity index (χ3v) is 3.56. The highest BCUT2D eigenvalue weighted by molar-refractivity contribution is 5.94. The molecule has 1 heterocycles. The molecule has 1 aromatic heterocycles. The molecule has 0 aliphatic carbocycles. The zero-order chi connectivity index (χ0) is 21.1. The molecule has 2 aromatic carbocycles. The summed E-state index contributed by atoms with van der Waals surface area (Å²) in [6, 6.07) is 15.4. The summed E-state index contributed by atoms with van der Waals surface area (Å²) in [5.41, 5.74) is 6.71. The number of nitrogens with two attached hydrogens (primary N) is 1. The van der Waals surface area contributed by atoms with Gasteiger partial charge in [-0.15, -0.1) is 0 Å². The maximum Gasteiger partial charge on any atom is 0.251 e. The molecule has 0 aliphatic heterocycles. The van der Waals surface area contributed by atoms with Crippen LogP contribution in [0.2, 0.25) is 0 Å². The van der Waals surface area contributed by atoms with Gasteiger partial charge in [0.25, 0.3) is 5.91 Å². The van der Waals surface area contributed by atoms with E-state index in [1.54, 1.807) is 60.9 Å². The molecular formula is C22H19F2N3O2. The first kappa shape index (κ1) is 21.4. The molecule has 148 valence electrons. The number of hydrogen-bond donors (Lipinski definition) is 2. The van der Waals surface area contributed by atoms with Gasteiger partial charge < -0.3 is 11.1 Å². The van der Waals surface area contributed by atoms with Gasteiger partial charge in [0.05, 0.1) is 0 Å². The lowest BCUT2D eigenvalue weighted by molar-refractivity contribution is -0.113. The van der Waals surface area contributed by atoms with Gasteiger partial charge >= 0.3 is 0 Å². The monoisotopic (exact) mass is 395 g/mol. The standard InChI is InChI=1S/C14H11F2NO.C8H8N2O/c15-12-6-10(7-13(16)8-12)9-17-14(18)11-4-2-1-3-5-11;9-8(11)2-1-7-3-5-10-6-4-7/h1-8H,9H2,(H,17,18);1-6H,(H2,9,11)/b;2-1+. The molecule has 0 bridgehead atoms. The molecule has 3 N–H and O–H groups in total. The van der Waals surface area contributed by atoms with Crippen LogP contribution in [0.25, 0.3) is 6.08 Å². The number of primary amides is 1. The highest BCUT2D eigenvalue weighted by Gasteiger charge is 2.05. The number of aromatic nitrogens is 1. The summed E-state index contributed by atoms with van der Waals surface area (Å²) in [5.74, 6) is -2.03. The summed E-state index contributed by atoms with van der Waals surface area (Å²) in [6.45, 7) is 0.0857. The third-order valence-electron chi connectivity index (χ3n) is 3.56. The van der Waals surface area contributed by atoms with Crippen molar-refractivity contribution in [2.45, 2.75) is 6.54 Å². The van der Waals surface area contributed by atoms with Crippen molar-refractivity contribution in [2.24, 2.45) is 5.73 Å². The zero-order valence-corrected chi connectivity index (χ0v) is 15.4. The highest BCUT2D eigenvalue weighted by atomic mass is 19.1. The Morgan fingerprint density at radius 1 is 0.966 bits per heavy atom. The molecule has 0 fully saturated rings. The lowest BCUT2D eigenvalue weighted by Crippen LogP contribution is -2.22. The van der Waals surface area contributed by atoms with Crippen molar-refractivity contribution in [1.82, 2.24) is 10.3 Å². The maximum absolute atomic E-state index is 12.9. The predicted octanol–water partition coefficient (Wildman–Crippen LogP) is 3.47. The van der Waals surface area contributed by atoms with E-state index in [0.29, 0.717) is 11.1 Å². The van der Waals surface area contributed by atoms with E-state index in [4.69, 9.17) is 5.73 Å². The number of carbonyl (C=O) groups excluding carboxylic acids is 2. The van der Waals surface area contributed by atoms with E-state index in [-0.39, 0.29) is 12.5 Å². The van der Waals surface area contributed by atoms with Gasteiger partial charge in [-0.05, 0) is 53.6 Å². The highest BCUT2D eigenvalue weighted by Crippen LogP contribution is 2.08. The van der Waals surface area contributed by atoms with Crippen molar-refractivity contribution in [3.05, 3.63) is 107 Å². The van der Waals surface area contributed by atoms with Gasteiger partial charge in [0.1, 0.15) is 11.6 Å². The average Bonchev–Trinajstić information content (AvgIpc) is 2.72. The summed E-state index contributed by atoms with van der Waals surface area (Å²) in [4.78, 5) is 25.8. The van der Waals surface area contributed by atoms with Crippen LogP contribution in [0.1, 0.15) is 21.5 Å². The molecular weight excluding hydrogens is 376 g/mol. The number of hydrogen-bond acceptors (Lipinski definition) is 3. The van der Waals surface area contributed by atoms with Crippen molar-refractivity contribution in [3.63, 3.8) is 0 Å². The van der Waals surface area contributed by atoms with Crippen LogP contribution in [0.5, 0.6) is 0 Å². The van der Waals surface area contributed by atoms with E-state index in [9.17, 15) is 18.4 Å². The smallest absolute Gasteiger partial charge is 0.251 e. The fourth-order valence-corrected chi connectivity index (χ4v) is 2.24. The third kappa shape index (κ3) is 8.13. The largest absolute Gasteiger partial charge is 0.366 e. The Bertz CT molecular complexity index is 958. The van der Waals surface area contributed by atoms with Crippen LogP contribution in [0, 0.1) is 11.6 Å². The summed E-state index contributed by atoms with van der Waals surface area (Å²) in [5, 5.41) is 2.60. The number of pyridine rings is 1. The molecule has 2 amide bonds. The summed E-state index contributed by atoms with van der Waals surface area (Å²) in [6.07, 6.45) is 6.26. The van der Waals surface area contributed by atoms with Crippen LogP contribution >= 0.6 is 0 Å². The Kier molecular flexibility index (Phi) is 8.19. The Hall–Kier alpha value is -3.87. The van der Waals surface area contributed by atoms with Crippen LogP contribution in [0.15, 0.2) is 79.1 Å². The molecule has 29 heavy (non-hydrogen) atoms. The average molecular weight is 395 g/mol. The number of rotatable bonds is 5. The van der Waals surface area contributed by atoms with E-state index in [0.717, 1.165) is 11.6 Å². The van der Waals surface area contributed by atoms with E-state index < -0.39 is 17.5 Å². The molecule has 5 nitrogen and oxygen atoms in total. The summed E-state index contributed by atoms with van der Waals surface area (Å²) >= 11 is 0. The van der Waals surface area contributed by atoms with E-state index in [1.807, 2.05) is 0 Å². The maximum atomic E-state index is 12.9. The fourth-order valence-electron chi connectivity index (χ4n) is 2.24. The van der Waals surface area contributed by atoms with Crippen LogP contribution < -0.4 is 11.1 Å². The van der Waals surface area contributed by atoms with Gasteiger partial charge in [0, 0.05) is 36.6 Å². The molecule has 0 atom stereocenters. The first-order valence-electron chi connectivity index (χ1n) is 8.60. The van der Waals surface area contributed by atoms with Gasteiger partial charge in [-0.1, -0.05) is 18.2 Å². The second-order valence-electron chi connectivity index (χ2n) is 5.84. The van der Waals surface area contributed by atoms with Gasteiger partial charge in [-0.25, -0.2) is 8.78 Å². The van der Waals surface area contributed by atoms with Gasteiger partial charge in [0.2, 0.25) is 5.91 Å². The van der Waals surface area contributed by atoms with E-state index >= 15 is 0 Å². The van der Waals surface area contributed by atoms with Crippen molar-refractivity contribution in [2.75, 3.05) is 0 Å². The first-order chi connectivity index (χ1) is 13.9. The van der Waals surface area contributed by atoms with Gasteiger partial charge in [0.15, 0.2) is 0 Å². The molecule has 0 saturated heterocycles. The fraction of sp³-hybridized carbons (Fsp3) is 0.0455. The molecule has 0 aliphatic rings. The molecule has 0 unspecified atom stereocenters. The molecule has 0 radical (unpaired) electrons. The first-order valence-corrected chi connectivity index (χ1v) is 8.60. The SMILES string of the molecule is NC(=O)/C=C/c1ccncc1.O=C(NCc1cc(F)cc(F)c1)c1ccccc1. The van der Waals surface area contributed by atoms with Gasteiger partial charge in [-0.2, -0.15) is 0 Å². The van der Waals surface area contributed by atoms with E-state index in [2.05, 4.69) is 10.3 Å². The van der Waals surface area contributed by atoms with Crippen molar-refractivity contribution < 1.29 is 18.4 Å². The van der Waals surface area contributed by atoms with Crippen LogP contribution in [0.4, 0.5) is 8.78 Å². The topological polar surface area (TPSA) is 85.1 Å². The number of carbonyl (C=O) groups is 2. The zero-order valence-electron chi connectivity index (χ0n) is 15.4. The number of halogens is 2. The van der Waals surface area contributed by atoms with Crippen LogP contribution in [-0.2, 0) is 11.3 Å². The lowest BCUT2D eigenvalue weighted by atomic mass is 10.2. The normalized spacial score (nSPS) is 10.1.